The van der Waals surface area contributed by atoms with E-state index in [1.165, 1.54) is 6.21 Å². The minimum Gasteiger partial charge on any atom is -0.343 e. The van der Waals surface area contributed by atoms with Crippen molar-refractivity contribution < 1.29 is 9.59 Å². The molecule has 0 radical (unpaired) electrons. The van der Waals surface area contributed by atoms with Crippen LogP contribution in [0.2, 0.25) is 5.02 Å². The van der Waals surface area contributed by atoms with E-state index in [0.717, 1.165) is 5.56 Å². The zero-order valence-corrected chi connectivity index (χ0v) is 12.4. The number of nitrogens with one attached hydrogen (secondary N) is 2. The van der Waals surface area contributed by atoms with E-state index < -0.39 is 11.8 Å². The molecule has 0 unspecified atom stereocenters. The van der Waals surface area contributed by atoms with Crippen molar-refractivity contribution in [3.05, 3.63) is 70.7 Å². The van der Waals surface area contributed by atoms with Crippen LogP contribution in [0.3, 0.4) is 0 Å². The zero-order chi connectivity index (χ0) is 15.8. The van der Waals surface area contributed by atoms with Gasteiger partial charge in [0.15, 0.2) is 0 Å². The minimum absolute atomic E-state index is 0.184. The summed E-state index contributed by atoms with van der Waals surface area (Å²) < 4.78 is 0. The van der Waals surface area contributed by atoms with Gasteiger partial charge in [-0.2, -0.15) is 5.10 Å². The highest BCUT2D eigenvalue weighted by molar-refractivity contribution is 6.33. The van der Waals surface area contributed by atoms with Crippen LogP contribution in [0.15, 0.2) is 59.7 Å². The Bertz CT molecular complexity index is 687. The van der Waals surface area contributed by atoms with Gasteiger partial charge < -0.3 is 5.32 Å². The number of hydrogen-bond acceptors (Lipinski definition) is 3. The standard InChI is InChI=1S/C16H14ClN3O2/c17-14-9-5-4-8-13(14)16(22)18-11-15(21)20-19-10-12-6-2-1-3-7-12/h1-10H,11H2,(H,18,22)(H,20,21)/b19-10+. The van der Waals surface area contributed by atoms with Gasteiger partial charge >= 0.3 is 0 Å². The molecular weight excluding hydrogens is 302 g/mol. The van der Waals surface area contributed by atoms with Crippen molar-refractivity contribution in [2.45, 2.75) is 0 Å². The van der Waals surface area contributed by atoms with Gasteiger partial charge in [0.1, 0.15) is 0 Å². The van der Waals surface area contributed by atoms with Gasteiger partial charge in [0, 0.05) is 0 Å². The Kier molecular flexibility index (Phi) is 5.68. The van der Waals surface area contributed by atoms with Gasteiger partial charge in [-0.15, -0.1) is 0 Å². The van der Waals surface area contributed by atoms with Crippen LogP contribution < -0.4 is 10.7 Å². The number of carbonyl (C=O) groups is 2. The molecule has 22 heavy (non-hydrogen) atoms. The van der Waals surface area contributed by atoms with Gasteiger partial charge in [-0.25, -0.2) is 5.43 Å². The summed E-state index contributed by atoms with van der Waals surface area (Å²) in [6.07, 6.45) is 1.52. The van der Waals surface area contributed by atoms with E-state index in [4.69, 9.17) is 11.6 Å². The van der Waals surface area contributed by atoms with E-state index in [9.17, 15) is 9.59 Å². The van der Waals surface area contributed by atoms with Gasteiger partial charge in [-0.1, -0.05) is 54.1 Å². The first-order chi connectivity index (χ1) is 10.7. The molecule has 2 amide bonds. The molecule has 0 aliphatic carbocycles. The summed E-state index contributed by atoms with van der Waals surface area (Å²) in [5, 5.41) is 6.62. The first-order valence-electron chi connectivity index (χ1n) is 6.56. The molecular formula is C16H14ClN3O2. The molecule has 5 nitrogen and oxygen atoms in total. The molecule has 0 aliphatic rings. The number of hydrogen-bond donors (Lipinski definition) is 2. The maximum Gasteiger partial charge on any atom is 0.259 e. The molecule has 0 heterocycles. The van der Waals surface area contributed by atoms with E-state index >= 15 is 0 Å². The maximum absolute atomic E-state index is 11.9. The second-order valence-corrected chi connectivity index (χ2v) is 4.77. The fourth-order valence-electron chi connectivity index (χ4n) is 1.66. The monoisotopic (exact) mass is 315 g/mol. The Morgan fingerprint density at radius 1 is 1.05 bits per heavy atom. The Labute approximate surface area is 133 Å². The average molecular weight is 316 g/mol. The number of halogens is 1. The second-order valence-electron chi connectivity index (χ2n) is 4.37. The van der Waals surface area contributed by atoms with E-state index in [2.05, 4.69) is 15.8 Å². The molecule has 112 valence electrons. The van der Waals surface area contributed by atoms with Crippen molar-refractivity contribution in [1.29, 1.82) is 0 Å². The third kappa shape index (κ3) is 4.71. The van der Waals surface area contributed by atoms with Crippen molar-refractivity contribution in [3.8, 4) is 0 Å². The summed E-state index contributed by atoms with van der Waals surface area (Å²) in [6, 6.07) is 16.0. The number of amides is 2. The topological polar surface area (TPSA) is 70.6 Å². The lowest BCUT2D eigenvalue weighted by Gasteiger charge is -2.05. The van der Waals surface area contributed by atoms with Crippen molar-refractivity contribution in [3.63, 3.8) is 0 Å². The largest absolute Gasteiger partial charge is 0.343 e. The van der Waals surface area contributed by atoms with Gasteiger partial charge in [0.05, 0.1) is 23.3 Å². The highest BCUT2D eigenvalue weighted by Crippen LogP contribution is 2.14. The van der Waals surface area contributed by atoms with Crippen LogP contribution in [0.4, 0.5) is 0 Å². The van der Waals surface area contributed by atoms with Crippen LogP contribution in [0.5, 0.6) is 0 Å². The molecule has 2 aromatic rings. The first kappa shape index (κ1) is 15.7. The van der Waals surface area contributed by atoms with Gasteiger partial charge in [0.25, 0.3) is 11.8 Å². The predicted molar refractivity (Wildman–Crippen MR) is 86.0 cm³/mol. The summed E-state index contributed by atoms with van der Waals surface area (Å²) >= 11 is 5.90. The number of hydrazone groups is 1. The Hall–Kier alpha value is -2.66. The normalized spacial score (nSPS) is 10.4. The van der Waals surface area contributed by atoms with Gasteiger partial charge in [-0.05, 0) is 17.7 Å². The fraction of sp³-hybridized carbons (Fsp3) is 0.0625. The summed E-state index contributed by atoms with van der Waals surface area (Å²) in [7, 11) is 0. The third-order valence-electron chi connectivity index (χ3n) is 2.73. The molecule has 0 aromatic heterocycles. The molecule has 0 aliphatic heterocycles. The molecule has 2 N–H and O–H groups in total. The zero-order valence-electron chi connectivity index (χ0n) is 11.6. The molecule has 6 heteroatoms. The van der Waals surface area contributed by atoms with Crippen LogP contribution in [-0.2, 0) is 4.79 Å². The van der Waals surface area contributed by atoms with Crippen LogP contribution in [0, 0.1) is 0 Å². The quantitative estimate of drug-likeness (QED) is 0.656. The average Bonchev–Trinajstić information content (AvgIpc) is 2.54. The lowest BCUT2D eigenvalue weighted by molar-refractivity contribution is -0.120. The van der Waals surface area contributed by atoms with E-state index in [1.54, 1.807) is 24.3 Å². The first-order valence-corrected chi connectivity index (χ1v) is 6.94. The van der Waals surface area contributed by atoms with Crippen molar-refractivity contribution in [1.82, 2.24) is 10.7 Å². The smallest absolute Gasteiger partial charge is 0.259 e. The molecule has 0 saturated heterocycles. The van der Waals surface area contributed by atoms with Crippen molar-refractivity contribution in [2.24, 2.45) is 5.10 Å². The third-order valence-corrected chi connectivity index (χ3v) is 3.06. The molecule has 2 aromatic carbocycles. The molecule has 0 bridgehead atoms. The van der Waals surface area contributed by atoms with Crippen molar-refractivity contribution in [2.75, 3.05) is 6.54 Å². The summed E-state index contributed by atoms with van der Waals surface area (Å²) in [5.41, 5.74) is 3.52. The molecule has 0 spiro atoms. The Balaban J connectivity index is 1.80. The second kappa shape index (κ2) is 7.95. The highest BCUT2D eigenvalue weighted by Gasteiger charge is 2.10. The maximum atomic E-state index is 11.9. The Morgan fingerprint density at radius 3 is 2.45 bits per heavy atom. The van der Waals surface area contributed by atoms with Crippen LogP contribution >= 0.6 is 11.6 Å². The number of rotatable bonds is 5. The lowest BCUT2D eigenvalue weighted by atomic mass is 10.2. The summed E-state index contributed by atoms with van der Waals surface area (Å²) in [4.78, 5) is 23.4. The Morgan fingerprint density at radius 2 is 1.73 bits per heavy atom. The number of carbonyl (C=O) groups excluding carboxylic acids is 2. The van der Waals surface area contributed by atoms with E-state index in [-0.39, 0.29) is 6.54 Å². The molecule has 2 rings (SSSR count). The molecule has 0 fully saturated rings. The van der Waals surface area contributed by atoms with Crippen LogP contribution in [0.1, 0.15) is 15.9 Å². The number of benzene rings is 2. The van der Waals surface area contributed by atoms with Crippen LogP contribution in [-0.4, -0.2) is 24.6 Å². The van der Waals surface area contributed by atoms with Gasteiger partial charge in [0.2, 0.25) is 0 Å². The summed E-state index contributed by atoms with van der Waals surface area (Å²) in [5.74, 6) is -0.833. The fourth-order valence-corrected chi connectivity index (χ4v) is 1.88. The van der Waals surface area contributed by atoms with Crippen LogP contribution in [0.25, 0.3) is 0 Å². The van der Waals surface area contributed by atoms with Crippen molar-refractivity contribution >= 4 is 29.6 Å². The minimum atomic E-state index is -0.424. The molecule has 0 atom stereocenters. The predicted octanol–water partition coefficient (Wildman–Crippen LogP) is 2.22. The van der Waals surface area contributed by atoms with E-state index in [0.29, 0.717) is 10.6 Å². The molecule has 0 saturated carbocycles. The summed E-state index contributed by atoms with van der Waals surface area (Å²) in [6.45, 7) is -0.184. The van der Waals surface area contributed by atoms with E-state index in [1.807, 2.05) is 30.3 Å². The number of nitrogens with zero attached hydrogens (tertiary/aromatic N) is 1. The lowest BCUT2D eigenvalue weighted by Crippen LogP contribution is -2.35. The highest BCUT2D eigenvalue weighted by atomic mass is 35.5. The SMILES string of the molecule is O=C(CNC(=O)c1ccccc1Cl)N/N=C/c1ccccc1. The van der Waals surface area contributed by atoms with Gasteiger partial charge in [-0.3, -0.25) is 9.59 Å².